The molecule has 0 saturated carbocycles. The van der Waals surface area contributed by atoms with Crippen LogP contribution in [0.25, 0.3) is 0 Å². The zero-order chi connectivity index (χ0) is 9.56. The topological polar surface area (TPSA) is 43.1 Å². The van der Waals surface area contributed by atoms with E-state index in [1.807, 2.05) is 0 Å². The molecule has 1 atom stereocenters. The van der Waals surface area contributed by atoms with Crippen LogP contribution in [0.4, 0.5) is 0 Å². The lowest BCUT2D eigenvalue weighted by atomic mass is 10.0. The van der Waals surface area contributed by atoms with Gasteiger partial charge >= 0.3 is 0 Å². The molecule has 0 saturated heterocycles. The second kappa shape index (κ2) is 5.79. The van der Waals surface area contributed by atoms with Gasteiger partial charge in [0.25, 0.3) is 0 Å². The van der Waals surface area contributed by atoms with Gasteiger partial charge in [-0.2, -0.15) is 0 Å². The quantitative estimate of drug-likeness (QED) is 0.628. The van der Waals surface area contributed by atoms with E-state index in [-0.39, 0.29) is 5.78 Å². The molecular weight excluding hydrogens is 150 g/mol. The Morgan fingerprint density at radius 3 is 2.58 bits per heavy atom. The van der Waals surface area contributed by atoms with E-state index in [1.54, 1.807) is 0 Å². The maximum absolute atomic E-state index is 11.2. The number of nitrogens with two attached hydrogens (primary N) is 1. The zero-order valence-electron chi connectivity index (χ0n) is 7.84. The molecule has 0 aromatic rings. The van der Waals surface area contributed by atoms with Crippen molar-refractivity contribution in [2.24, 2.45) is 11.7 Å². The lowest BCUT2D eigenvalue weighted by Gasteiger charge is -2.07. The van der Waals surface area contributed by atoms with Crippen molar-refractivity contribution >= 4 is 5.78 Å². The van der Waals surface area contributed by atoms with Crippen LogP contribution in [-0.4, -0.2) is 11.8 Å². The first-order valence-electron chi connectivity index (χ1n) is 4.29. The smallest absolute Gasteiger partial charge is 0.150 e. The Kier molecular flexibility index (Phi) is 5.40. The van der Waals surface area contributed by atoms with Crippen LogP contribution in [0.2, 0.25) is 0 Å². The van der Waals surface area contributed by atoms with E-state index in [1.165, 1.54) is 0 Å². The number of ketones is 1. The van der Waals surface area contributed by atoms with Crippen LogP contribution in [0, 0.1) is 18.3 Å². The van der Waals surface area contributed by atoms with Gasteiger partial charge in [0.05, 0.1) is 6.04 Å². The summed E-state index contributed by atoms with van der Waals surface area (Å²) in [6.45, 7) is 4.17. The van der Waals surface area contributed by atoms with Gasteiger partial charge < -0.3 is 5.73 Å². The van der Waals surface area contributed by atoms with Crippen LogP contribution < -0.4 is 5.73 Å². The molecule has 0 aromatic heterocycles. The summed E-state index contributed by atoms with van der Waals surface area (Å²) in [6.07, 6.45) is 6.85. The van der Waals surface area contributed by atoms with Crippen molar-refractivity contribution in [3.05, 3.63) is 0 Å². The third kappa shape index (κ3) is 4.92. The Labute approximate surface area is 74.5 Å². The van der Waals surface area contributed by atoms with Crippen LogP contribution in [0.15, 0.2) is 0 Å². The monoisotopic (exact) mass is 167 g/mol. The maximum atomic E-state index is 11.2. The zero-order valence-corrected chi connectivity index (χ0v) is 7.84. The summed E-state index contributed by atoms with van der Waals surface area (Å²) in [7, 11) is 0. The second-order valence-corrected chi connectivity index (χ2v) is 3.41. The number of rotatable bonds is 5. The molecule has 0 rings (SSSR count). The predicted octanol–water partition coefficient (Wildman–Crippen LogP) is 1.34. The summed E-state index contributed by atoms with van der Waals surface area (Å²) in [5.41, 5.74) is 5.52. The normalized spacial score (nSPS) is 12.6. The molecule has 2 N–H and O–H groups in total. The van der Waals surface area contributed by atoms with Gasteiger partial charge in [-0.15, -0.1) is 12.3 Å². The molecule has 0 bridgehead atoms. The maximum Gasteiger partial charge on any atom is 0.150 e. The number of hydrogen-bond acceptors (Lipinski definition) is 2. The van der Waals surface area contributed by atoms with Crippen molar-refractivity contribution in [2.45, 2.75) is 39.2 Å². The molecule has 0 fully saturated rings. The summed E-state index contributed by atoms with van der Waals surface area (Å²) in [5, 5.41) is 0. The highest BCUT2D eigenvalue weighted by molar-refractivity contribution is 5.83. The molecule has 1 unspecified atom stereocenters. The molecule has 0 aliphatic rings. The third-order valence-corrected chi connectivity index (χ3v) is 1.72. The molecular formula is C10H17NO. The first kappa shape index (κ1) is 11.2. The van der Waals surface area contributed by atoms with Crippen molar-refractivity contribution < 1.29 is 4.79 Å². The minimum atomic E-state index is -0.450. The van der Waals surface area contributed by atoms with Gasteiger partial charge in [-0.25, -0.2) is 0 Å². The summed E-state index contributed by atoms with van der Waals surface area (Å²) < 4.78 is 0. The van der Waals surface area contributed by atoms with E-state index < -0.39 is 6.04 Å². The van der Waals surface area contributed by atoms with E-state index >= 15 is 0 Å². The van der Waals surface area contributed by atoms with Gasteiger partial charge in [-0.05, 0) is 12.3 Å². The van der Waals surface area contributed by atoms with E-state index in [0.29, 0.717) is 18.8 Å². The Bertz CT molecular complexity index is 179. The fraction of sp³-hybridized carbons (Fsp3) is 0.700. The SMILES string of the molecule is C#CCC(N)C(=O)CCC(C)C. The molecule has 12 heavy (non-hydrogen) atoms. The van der Waals surface area contributed by atoms with Crippen molar-refractivity contribution in [2.75, 3.05) is 0 Å². The van der Waals surface area contributed by atoms with Crippen LogP contribution in [0.3, 0.4) is 0 Å². The number of carbonyl (C=O) groups is 1. The van der Waals surface area contributed by atoms with Crippen LogP contribution in [0.5, 0.6) is 0 Å². The van der Waals surface area contributed by atoms with E-state index in [2.05, 4.69) is 19.8 Å². The average molecular weight is 167 g/mol. The standard InChI is InChI=1S/C10H17NO/c1-4-5-9(11)10(12)7-6-8(2)3/h1,8-9H,5-7,11H2,2-3H3. The average Bonchev–Trinajstić information content (AvgIpc) is 2.00. The molecule has 0 aliphatic carbocycles. The minimum Gasteiger partial charge on any atom is -0.321 e. The lowest BCUT2D eigenvalue weighted by Crippen LogP contribution is -2.29. The van der Waals surface area contributed by atoms with Gasteiger partial charge in [0.2, 0.25) is 0 Å². The van der Waals surface area contributed by atoms with Gasteiger partial charge in [0, 0.05) is 12.8 Å². The van der Waals surface area contributed by atoms with Gasteiger partial charge in [0.1, 0.15) is 0 Å². The first-order valence-corrected chi connectivity index (χ1v) is 4.29. The summed E-state index contributed by atoms with van der Waals surface area (Å²) in [4.78, 5) is 11.2. The number of Topliss-reactive ketones (excluding diaryl/α,β-unsaturated/α-hetero) is 1. The first-order chi connectivity index (χ1) is 5.57. The molecule has 0 spiro atoms. The highest BCUT2D eigenvalue weighted by atomic mass is 16.1. The molecule has 2 heteroatoms. The molecule has 0 heterocycles. The molecule has 0 aromatic carbocycles. The summed E-state index contributed by atoms with van der Waals surface area (Å²) >= 11 is 0. The van der Waals surface area contributed by atoms with Gasteiger partial charge in [0.15, 0.2) is 5.78 Å². The molecule has 0 aliphatic heterocycles. The number of carbonyl (C=O) groups excluding carboxylic acids is 1. The fourth-order valence-electron chi connectivity index (χ4n) is 0.857. The van der Waals surface area contributed by atoms with E-state index in [0.717, 1.165) is 6.42 Å². The van der Waals surface area contributed by atoms with Crippen molar-refractivity contribution in [1.82, 2.24) is 0 Å². The van der Waals surface area contributed by atoms with Gasteiger partial charge in [-0.1, -0.05) is 13.8 Å². The third-order valence-electron chi connectivity index (χ3n) is 1.72. The van der Waals surface area contributed by atoms with E-state index in [4.69, 9.17) is 12.2 Å². The fourth-order valence-corrected chi connectivity index (χ4v) is 0.857. The highest BCUT2D eigenvalue weighted by Gasteiger charge is 2.11. The van der Waals surface area contributed by atoms with Crippen LogP contribution >= 0.6 is 0 Å². The van der Waals surface area contributed by atoms with Crippen LogP contribution in [-0.2, 0) is 4.79 Å². The van der Waals surface area contributed by atoms with E-state index in [9.17, 15) is 4.79 Å². The number of hydrogen-bond donors (Lipinski definition) is 1. The van der Waals surface area contributed by atoms with Gasteiger partial charge in [-0.3, -0.25) is 4.79 Å². The Morgan fingerprint density at radius 1 is 1.58 bits per heavy atom. The highest BCUT2D eigenvalue weighted by Crippen LogP contribution is 2.05. The van der Waals surface area contributed by atoms with Crippen molar-refractivity contribution in [1.29, 1.82) is 0 Å². The summed E-state index contributed by atoms with van der Waals surface area (Å²) in [6, 6.07) is -0.450. The van der Waals surface area contributed by atoms with Crippen molar-refractivity contribution in [3.63, 3.8) is 0 Å². The predicted molar refractivity (Wildman–Crippen MR) is 50.5 cm³/mol. The molecule has 0 radical (unpaired) electrons. The minimum absolute atomic E-state index is 0.0849. The van der Waals surface area contributed by atoms with Crippen LogP contribution in [0.1, 0.15) is 33.1 Å². The summed E-state index contributed by atoms with van der Waals surface area (Å²) in [5.74, 6) is 3.02. The Balaban J connectivity index is 3.66. The Hall–Kier alpha value is -0.810. The van der Waals surface area contributed by atoms with Crippen molar-refractivity contribution in [3.8, 4) is 12.3 Å². The second-order valence-electron chi connectivity index (χ2n) is 3.41. The molecule has 68 valence electrons. The lowest BCUT2D eigenvalue weighted by molar-refractivity contribution is -0.120. The largest absolute Gasteiger partial charge is 0.321 e. The Morgan fingerprint density at radius 2 is 2.17 bits per heavy atom. The molecule has 2 nitrogen and oxygen atoms in total. The molecule has 0 amide bonds. The number of terminal acetylenes is 1.